The molecule has 8 heteroatoms. The molecule has 0 atom stereocenters. The molecule has 32 heavy (non-hydrogen) atoms. The third-order valence-electron chi connectivity index (χ3n) is 4.74. The van der Waals surface area contributed by atoms with Gasteiger partial charge < -0.3 is 14.2 Å². The van der Waals surface area contributed by atoms with E-state index in [1.165, 1.54) is 23.8 Å². The molecule has 0 aliphatic carbocycles. The maximum Gasteiger partial charge on any atom is 0.337 e. The standard InChI is InChI=1S/C24H26N2O5S/c1-5-6-12-31-19-11-10-16(13-20(19)29-3)14-21-22(27)26(2)24(32-21)25-18-9-7-8-17(15-18)23(28)30-4/h7-11,13-15H,5-6,12H2,1-4H3. The van der Waals surface area contributed by atoms with Crippen LogP contribution >= 0.6 is 11.8 Å². The summed E-state index contributed by atoms with van der Waals surface area (Å²) >= 11 is 1.27. The van der Waals surface area contributed by atoms with Gasteiger partial charge in [-0.2, -0.15) is 0 Å². The second-order valence-corrected chi connectivity index (χ2v) is 8.03. The predicted molar refractivity (Wildman–Crippen MR) is 127 cm³/mol. The summed E-state index contributed by atoms with van der Waals surface area (Å²) in [7, 11) is 4.59. The monoisotopic (exact) mass is 454 g/mol. The van der Waals surface area contributed by atoms with Crippen molar-refractivity contribution in [1.29, 1.82) is 0 Å². The van der Waals surface area contributed by atoms with Gasteiger partial charge in [0.25, 0.3) is 5.91 Å². The Morgan fingerprint density at radius 1 is 1.16 bits per heavy atom. The number of benzene rings is 2. The molecule has 1 fully saturated rings. The minimum absolute atomic E-state index is 0.153. The molecule has 1 aliphatic heterocycles. The predicted octanol–water partition coefficient (Wildman–Crippen LogP) is 4.89. The quantitative estimate of drug-likeness (QED) is 0.321. The van der Waals surface area contributed by atoms with E-state index < -0.39 is 5.97 Å². The molecule has 1 amide bonds. The highest BCUT2D eigenvalue weighted by Gasteiger charge is 2.30. The second-order valence-electron chi connectivity index (χ2n) is 7.02. The van der Waals surface area contributed by atoms with Crippen LogP contribution in [0.5, 0.6) is 11.5 Å². The fraction of sp³-hybridized carbons (Fsp3) is 0.292. The normalized spacial score (nSPS) is 16.0. The summed E-state index contributed by atoms with van der Waals surface area (Å²) in [5.74, 6) is 0.707. The zero-order valence-electron chi connectivity index (χ0n) is 18.6. The zero-order valence-corrected chi connectivity index (χ0v) is 19.4. The number of methoxy groups -OCH3 is 2. The summed E-state index contributed by atoms with van der Waals surface area (Å²) in [4.78, 5) is 31.1. The first kappa shape index (κ1) is 23.4. The van der Waals surface area contributed by atoms with Gasteiger partial charge in [0.15, 0.2) is 16.7 Å². The molecule has 1 heterocycles. The first-order chi connectivity index (χ1) is 15.5. The van der Waals surface area contributed by atoms with Crippen LogP contribution in [0.4, 0.5) is 5.69 Å². The molecule has 0 spiro atoms. The van der Waals surface area contributed by atoms with E-state index >= 15 is 0 Å². The van der Waals surface area contributed by atoms with Gasteiger partial charge >= 0.3 is 5.97 Å². The van der Waals surface area contributed by atoms with E-state index in [0.29, 0.717) is 39.4 Å². The number of rotatable bonds is 8. The molecule has 0 saturated carbocycles. The molecule has 1 saturated heterocycles. The molecule has 0 aromatic heterocycles. The fourth-order valence-electron chi connectivity index (χ4n) is 2.95. The molecule has 7 nitrogen and oxygen atoms in total. The summed E-state index contributed by atoms with van der Waals surface area (Å²) < 4.78 is 16.0. The number of likely N-dealkylation sites (N-methyl/N-ethyl adjacent to an activating group) is 1. The summed E-state index contributed by atoms with van der Waals surface area (Å²) in [6.07, 6.45) is 3.82. The van der Waals surface area contributed by atoms with Crippen LogP contribution in [0.15, 0.2) is 52.4 Å². The third kappa shape index (κ3) is 5.50. The van der Waals surface area contributed by atoms with Crippen LogP contribution in [0.25, 0.3) is 6.08 Å². The summed E-state index contributed by atoms with van der Waals surface area (Å²) in [5.41, 5.74) is 1.78. The molecular weight excluding hydrogens is 428 g/mol. The van der Waals surface area contributed by atoms with Crippen LogP contribution in [0.3, 0.4) is 0 Å². The smallest absolute Gasteiger partial charge is 0.337 e. The van der Waals surface area contributed by atoms with Crippen molar-refractivity contribution in [3.63, 3.8) is 0 Å². The van der Waals surface area contributed by atoms with E-state index in [-0.39, 0.29) is 5.91 Å². The van der Waals surface area contributed by atoms with E-state index in [1.807, 2.05) is 18.2 Å². The van der Waals surface area contributed by atoms with Crippen LogP contribution in [0.1, 0.15) is 35.7 Å². The first-order valence-electron chi connectivity index (χ1n) is 10.2. The van der Waals surface area contributed by atoms with Crippen LogP contribution in [0.2, 0.25) is 0 Å². The highest BCUT2D eigenvalue weighted by Crippen LogP contribution is 2.35. The number of hydrogen-bond donors (Lipinski definition) is 0. The Labute approximate surface area is 192 Å². The summed E-state index contributed by atoms with van der Waals surface area (Å²) in [6, 6.07) is 12.4. The minimum atomic E-state index is -0.438. The Hall–Kier alpha value is -3.26. The number of unbranched alkanes of at least 4 members (excludes halogenated alkanes) is 1. The van der Waals surface area contributed by atoms with Crippen molar-refractivity contribution in [1.82, 2.24) is 4.90 Å². The number of amides is 1. The van der Waals surface area contributed by atoms with Crippen molar-refractivity contribution >= 4 is 40.6 Å². The van der Waals surface area contributed by atoms with Crippen molar-refractivity contribution in [3.8, 4) is 11.5 Å². The van der Waals surface area contributed by atoms with Gasteiger partial charge in [0.1, 0.15) is 0 Å². The number of carbonyl (C=O) groups is 2. The van der Waals surface area contributed by atoms with Crippen molar-refractivity contribution in [3.05, 3.63) is 58.5 Å². The largest absolute Gasteiger partial charge is 0.493 e. The number of amidine groups is 1. The Kier molecular flexibility index (Phi) is 7.94. The average molecular weight is 455 g/mol. The molecular formula is C24H26N2O5S. The van der Waals surface area contributed by atoms with E-state index in [0.717, 1.165) is 18.4 Å². The lowest BCUT2D eigenvalue weighted by Gasteiger charge is -2.11. The summed E-state index contributed by atoms with van der Waals surface area (Å²) in [5, 5.41) is 0.523. The Morgan fingerprint density at radius 3 is 2.69 bits per heavy atom. The van der Waals surface area contributed by atoms with Crippen molar-refractivity contribution in [2.75, 3.05) is 27.9 Å². The molecule has 3 rings (SSSR count). The SMILES string of the molecule is CCCCOc1ccc(C=C2SC(=Nc3cccc(C(=O)OC)c3)N(C)C2=O)cc1OC. The van der Waals surface area contributed by atoms with Crippen LogP contribution < -0.4 is 9.47 Å². The fourth-order valence-corrected chi connectivity index (χ4v) is 3.94. The molecule has 0 bridgehead atoms. The molecule has 2 aromatic rings. The number of carbonyl (C=O) groups excluding carboxylic acids is 2. The average Bonchev–Trinajstić information content (AvgIpc) is 3.07. The van der Waals surface area contributed by atoms with Gasteiger partial charge in [-0.05, 0) is 60.2 Å². The number of thioether (sulfide) groups is 1. The topological polar surface area (TPSA) is 77.4 Å². The number of esters is 1. The third-order valence-corrected chi connectivity index (χ3v) is 5.80. The number of aliphatic imine (C=N–C) groups is 1. The Bertz CT molecular complexity index is 1060. The lowest BCUT2D eigenvalue weighted by atomic mass is 10.2. The maximum absolute atomic E-state index is 12.8. The lowest BCUT2D eigenvalue weighted by molar-refractivity contribution is -0.121. The molecule has 0 N–H and O–H groups in total. The van der Waals surface area contributed by atoms with Gasteiger partial charge in [0.05, 0.1) is 37.0 Å². The van der Waals surface area contributed by atoms with Crippen LogP contribution in [0, 0.1) is 0 Å². The number of hydrogen-bond acceptors (Lipinski definition) is 7. The van der Waals surface area contributed by atoms with Crippen LogP contribution in [-0.4, -0.2) is 49.8 Å². The van der Waals surface area contributed by atoms with Gasteiger partial charge in [-0.3, -0.25) is 9.69 Å². The van der Waals surface area contributed by atoms with E-state index in [2.05, 4.69) is 11.9 Å². The van der Waals surface area contributed by atoms with Crippen molar-refractivity contribution in [2.45, 2.75) is 19.8 Å². The molecule has 0 unspecified atom stereocenters. The summed E-state index contributed by atoms with van der Waals surface area (Å²) in [6.45, 7) is 2.74. The Morgan fingerprint density at radius 2 is 1.97 bits per heavy atom. The molecule has 0 radical (unpaired) electrons. The number of nitrogens with zero attached hydrogens (tertiary/aromatic N) is 2. The molecule has 2 aromatic carbocycles. The van der Waals surface area contributed by atoms with Gasteiger partial charge in [-0.15, -0.1) is 0 Å². The van der Waals surface area contributed by atoms with Gasteiger partial charge in [0, 0.05) is 7.05 Å². The van der Waals surface area contributed by atoms with Gasteiger partial charge in [-0.1, -0.05) is 25.5 Å². The highest BCUT2D eigenvalue weighted by molar-refractivity contribution is 8.18. The first-order valence-corrected chi connectivity index (χ1v) is 11.0. The molecule has 1 aliphatic rings. The highest BCUT2D eigenvalue weighted by atomic mass is 32.2. The van der Waals surface area contributed by atoms with E-state index in [9.17, 15) is 9.59 Å². The maximum atomic E-state index is 12.8. The Balaban J connectivity index is 1.82. The van der Waals surface area contributed by atoms with E-state index in [1.54, 1.807) is 44.5 Å². The second kappa shape index (κ2) is 10.9. The van der Waals surface area contributed by atoms with Crippen LogP contribution in [-0.2, 0) is 9.53 Å². The van der Waals surface area contributed by atoms with E-state index in [4.69, 9.17) is 14.2 Å². The van der Waals surface area contributed by atoms with Crippen molar-refractivity contribution < 1.29 is 23.8 Å². The minimum Gasteiger partial charge on any atom is -0.493 e. The van der Waals surface area contributed by atoms with Crippen molar-refractivity contribution in [2.24, 2.45) is 4.99 Å². The molecule has 168 valence electrons. The van der Waals surface area contributed by atoms with Gasteiger partial charge in [0.2, 0.25) is 0 Å². The van der Waals surface area contributed by atoms with Gasteiger partial charge in [-0.25, -0.2) is 9.79 Å². The lowest BCUT2D eigenvalue weighted by Crippen LogP contribution is -2.23. The number of ether oxygens (including phenoxy) is 3. The zero-order chi connectivity index (χ0) is 23.1.